The van der Waals surface area contributed by atoms with Crippen LogP contribution in [0.4, 0.5) is 5.13 Å². The van der Waals surface area contributed by atoms with E-state index < -0.39 is 0 Å². The molecule has 0 unspecified atom stereocenters. The van der Waals surface area contributed by atoms with Crippen molar-refractivity contribution in [3.05, 3.63) is 35.1 Å². The summed E-state index contributed by atoms with van der Waals surface area (Å²) in [5.41, 5.74) is 0.628. The number of amides is 1. The van der Waals surface area contributed by atoms with Gasteiger partial charge in [-0.25, -0.2) is 4.98 Å². The Kier molecular flexibility index (Phi) is 2.55. The second-order valence-corrected chi connectivity index (χ2v) is 4.47. The van der Waals surface area contributed by atoms with Crippen molar-refractivity contribution in [2.45, 2.75) is 6.92 Å². The molecule has 4 nitrogen and oxygen atoms in total. The van der Waals surface area contributed by atoms with E-state index in [-0.39, 0.29) is 5.91 Å². The van der Waals surface area contributed by atoms with Crippen LogP contribution in [0.1, 0.15) is 15.4 Å². The molecule has 1 amide bonds. The van der Waals surface area contributed by atoms with Crippen molar-refractivity contribution in [1.29, 1.82) is 0 Å². The molecule has 0 aliphatic rings. The Morgan fingerprint density at radius 1 is 1.60 bits per heavy atom. The van der Waals surface area contributed by atoms with Crippen LogP contribution < -0.4 is 5.32 Å². The fraction of sp³-hybridized carbons (Fsp3) is 0.200. The summed E-state index contributed by atoms with van der Waals surface area (Å²) in [6.45, 7) is 1.95. The van der Waals surface area contributed by atoms with Gasteiger partial charge >= 0.3 is 0 Å². The van der Waals surface area contributed by atoms with Gasteiger partial charge in [0.1, 0.15) is 5.69 Å². The molecule has 0 saturated heterocycles. The van der Waals surface area contributed by atoms with Gasteiger partial charge in [0.2, 0.25) is 0 Å². The van der Waals surface area contributed by atoms with Gasteiger partial charge in [0.25, 0.3) is 5.91 Å². The summed E-state index contributed by atoms with van der Waals surface area (Å²) in [6, 6.07) is 3.61. The number of nitrogens with zero attached hydrogens (tertiary/aromatic N) is 2. The predicted octanol–water partition coefficient (Wildman–Crippen LogP) is 2.04. The minimum absolute atomic E-state index is 0.128. The van der Waals surface area contributed by atoms with Crippen molar-refractivity contribution in [3.8, 4) is 0 Å². The second kappa shape index (κ2) is 3.86. The molecule has 2 heterocycles. The van der Waals surface area contributed by atoms with Gasteiger partial charge < -0.3 is 4.57 Å². The summed E-state index contributed by atoms with van der Waals surface area (Å²) < 4.78 is 1.77. The number of carbonyl (C=O) groups excluding carboxylic acids is 1. The summed E-state index contributed by atoms with van der Waals surface area (Å²) in [5.74, 6) is -0.128. The molecule has 0 aliphatic heterocycles. The molecule has 0 radical (unpaired) electrons. The van der Waals surface area contributed by atoms with Crippen LogP contribution in [0.5, 0.6) is 0 Å². The highest BCUT2D eigenvalue weighted by Gasteiger charge is 2.10. The Morgan fingerprint density at radius 3 is 2.93 bits per heavy atom. The summed E-state index contributed by atoms with van der Waals surface area (Å²) in [7, 11) is 1.84. The van der Waals surface area contributed by atoms with Crippen molar-refractivity contribution in [2.75, 3.05) is 5.32 Å². The Bertz CT molecular complexity index is 486. The number of hydrogen-bond acceptors (Lipinski definition) is 3. The smallest absolute Gasteiger partial charge is 0.274 e. The first kappa shape index (κ1) is 9.92. The molecule has 0 fully saturated rings. The monoisotopic (exact) mass is 221 g/mol. The number of aromatic nitrogens is 2. The van der Waals surface area contributed by atoms with Crippen molar-refractivity contribution in [3.63, 3.8) is 0 Å². The number of aryl methyl sites for hydroxylation is 2. The molecule has 0 spiro atoms. The summed E-state index contributed by atoms with van der Waals surface area (Å²) >= 11 is 1.47. The zero-order valence-corrected chi connectivity index (χ0v) is 9.34. The molecule has 0 atom stereocenters. The molecule has 1 N–H and O–H groups in total. The van der Waals surface area contributed by atoms with Crippen LogP contribution in [0, 0.1) is 6.92 Å². The molecule has 2 aromatic heterocycles. The minimum atomic E-state index is -0.128. The lowest BCUT2D eigenvalue weighted by atomic mass is 10.4. The Balaban J connectivity index is 2.14. The van der Waals surface area contributed by atoms with E-state index in [1.165, 1.54) is 11.3 Å². The van der Waals surface area contributed by atoms with E-state index in [0.29, 0.717) is 10.8 Å². The van der Waals surface area contributed by atoms with Gasteiger partial charge in [-0.1, -0.05) is 0 Å². The van der Waals surface area contributed by atoms with Crippen LogP contribution in [-0.2, 0) is 7.05 Å². The molecular formula is C10H11N3OS. The number of carbonyl (C=O) groups is 1. The SMILES string of the molecule is Cc1cnc(NC(=O)c2cccn2C)s1. The molecule has 0 bridgehead atoms. The summed E-state index contributed by atoms with van der Waals surface area (Å²) in [4.78, 5) is 16.9. The van der Waals surface area contributed by atoms with Crippen molar-refractivity contribution in [2.24, 2.45) is 7.05 Å². The Labute approximate surface area is 91.6 Å². The van der Waals surface area contributed by atoms with Gasteiger partial charge in [-0.05, 0) is 19.1 Å². The molecular weight excluding hydrogens is 210 g/mol. The predicted molar refractivity (Wildman–Crippen MR) is 60.2 cm³/mol. The number of thiazole rings is 1. The average Bonchev–Trinajstić information content (AvgIpc) is 2.75. The quantitative estimate of drug-likeness (QED) is 0.843. The zero-order chi connectivity index (χ0) is 10.8. The van der Waals surface area contributed by atoms with E-state index in [2.05, 4.69) is 10.3 Å². The van der Waals surface area contributed by atoms with Crippen LogP contribution in [0.15, 0.2) is 24.5 Å². The van der Waals surface area contributed by atoms with E-state index in [0.717, 1.165) is 4.88 Å². The van der Waals surface area contributed by atoms with E-state index in [9.17, 15) is 4.79 Å². The lowest BCUT2D eigenvalue weighted by molar-refractivity contribution is 0.101. The molecule has 0 saturated carbocycles. The average molecular weight is 221 g/mol. The van der Waals surface area contributed by atoms with Gasteiger partial charge in [0.05, 0.1) is 0 Å². The largest absolute Gasteiger partial charge is 0.347 e. The van der Waals surface area contributed by atoms with E-state index >= 15 is 0 Å². The first-order valence-corrected chi connectivity index (χ1v) is 5.33. The van der Waals surface area contributed by atoms with Gasteiger partial charge in [-0.3, -0.25) is 10.1 Å². The number of nitrogens with one attached hydrogen (secondary N) is 1. The fourth-order valence-electron chi connectivity index (χ4n) is 1.27. The summed E-state index contributed by atoms with van der Waals surface area (Å²) in [5, 5.41) is 3.39. The van der Waals surface area contributed by atoms with Crippen LogP contribution in [0.3, 0.4) is 0 Å². The highest BCUT2D eigenvalue weighted by Crippen LogP contribution is 2.17. The van der Waals surface area contributed by atoms with Crippen LogP contribution in [0.25, 0.3) is 0 Å². The highest BCUT2D eigenvalue weighted by atomic mass is 32.1. The van der Waals surface area contributed by atoms with Crippen LogP contribution in [-0.4, -0.2) is 15.5 Å². The van der Waals surface area contributed by atoms with Crippen molar-refractivity contribution >= 4 is 22.4 Å². The Morgan fingerprint density at radius 2 is 2.40 bits per heavy atom. The molecule has 2 rings (SSSR count). The lowest BCUT2D eigenvalue weighted by Crippen LogP contribution is -2.14. The number of hydrogen-bond donors (Lipinski definition) is 1. The first-order chi connectivity index (χ1) is 7.16. The Hall–Kier alpha value is -1.62. The number of rotatable bonds is 2. The maximum Gasteiger partial charge on any atom is 0.274 e. The van der Waals surface area contributed by atoms with E-state index in [1.807, 2.05) is 26.2 Å². The lowest BCUT2D eigenvalue weighted by Gasteiger charge is -2.02. The maximum absolute atomic E-state index is 11.7. The topological polar surface area (TPSA) is 46.9 Å². The molecule has 78 valence electrons. The minimum Gasteiger partial charge on any atom is -0.347 e. The van der Waals surface area contributed by atoms with Gasteiger partial charge in [0.15, 0.2) is 5.13 Å². The standard InChI is InChI=1S/C10H11N3OS/c1-7-6-11-10(15-7)12-9(14)8-4-3-5-13(8)2/h3-6H,1-2H3,(H,11,12,14). The van der Waals surface area contributed by atoms with E-state index in [1.54, 1.807) is 16.8 Å². The second-order valence-electron chi connectivity index (χ2n) is 3.23. The van der Waals surface area contributed by atoms with Gasteiger partial charge in [-0.15, -0.1) is 11.3 Å². The van der Waals surface area contributed by atoms with Crippen molar-refractivity contribution < 1.29 is 4.79 Å². The van der Waals surface area contributed by atoms with Crippen LogP contribution in [0.2, 0.25) is 0 Å². The number of anilines is 1. The van der Waals surface area contributed by atoms with Gasteiger partial charge in [-0.2, -0.15) is 0 Å². The summed E-state index contributed by atoms with van der Waals surface area (Å²) in [6.07, 6.45) is 3.58. The zero-order valence-electron chi connectivity index (χ0n) is 8.52. The molecule has 0 aliphatic carbocycles. The normalized spacial score (nSPS) is 10.3. The molecule has 0 aromatic carbocycles. The van der Waals surface area contributed by atoms with Crippen molar-refractivity contribution in [1.82, 2.24) is 9.55 Å². The van der Waals surface area contributed by atoms with Gasteiger partial charge in [0, 0.05) is 24.3 Å². The highest BCUT2D eigenvalue weighted by molar-refractivity contribution is 7.15. The molecule has 2 aromatic rings. The molecule has 15 heavy (non-hydrogen) atoms. The van der Waals surface area contributed by atoms with Crippen LogP contribution >= 0.6 is 11.3 Å². The van der Waals surface area contributed by atoms with E-state index in [4.69, 9.17) is 0 Å². The third kappa shape index (κ3) is 2.07. The third-order valence-electron chi connectivity index (χ3n) is 2.02. The first-order valence-electron chi connectivity index (χ1n) is 4.52. The maximum atomic E-state index is 11.7. The fourth-order valence-corrected chi connectivity index (χ4v) is 1.93. The third-order valence-corrected chi connectivity index (χ3v) is 2.85. The molecule has 5 heteroatoms.